The lowest BCUT2D eigenvalue weighted by Gasteiger charge is -2.24. The van der Waals surface area contributed by atoms with Crippen LogP contribution in [-0.4, -0.2) is 7.05 Å². The van der Waals surface area contributed by atoms with Gasteiger partial charge in [-0.3, -0.25) is 0 Å². The molecular formula is C15H16F2N2. The highest BCUT2D eigenvalue weighted by molar-refractivity contribution is 5.66. The molecule has 0 aliphatic carbocycles. The lowest BCUT2D eigenvalue weighted by Crippen LogP contribution is -2.17. The van der Waals surface area contributed by atoms with Crippen LogP contribution in [0.2, 0.25) is 0 Å². The monoisotopic (exact) mass is 262 g/mol. The first-order valence-corrected chi connectivity index (χ1v) is 6.04. The van der Waals surface area contributed by atoms with E-state index in [-0.39, 0.29) is 11.6 Å². The summed E-state index contributed by atoms with van der Waals surface area (Å²) in [6, 6.07) is 10.4. The Labute approximate surface area is 111 Å². The standard InChI is InChI=1S/C15H16F2N2/c1-10(18)15-13(17)4-3-5-14(15)19(2)12-8-6-11(16)7-9-12/h3-10H,18H2,1-2H3/t10-/m1/s1. The minimum Gasteiger partial charge on any atom is -0.344 e. The SMILES string of the molecule is C[C@@H](N)c1c(F)cccc1N(C)c1ccc(F)cc1. The summed E-state index contributed by atoms with van der Waals surface area (Å²) in [5.74, 6) is -0.634. The molecule has 4 heteroatoms. The van der Waals surface area contributed by atoms with Crippen LogP contribution in [-0.2, 0) is 0 Å². The third-order valence-corrected chi connectivity index (χ3v) is 3.06. The third kappa shape index (κ3) is 2.74. The van der Waals surface area contributed by atoms with E-state index < -0.39 is 6.04 Å². The van der Waals surface area contributed by atoms with Gasteiger partial charge >= 0.3 is 0 Å². The summed E-state index contributed by atoms with van der Waals surface area (Å²) in [4.78, 5) is 1.79. The van der Waals surface area contributed by atoms with Crippen molar-refractivity contribution < 1.29 is 8.78 Å². The second-order valence-corrected chi connectivity index (χ2v) is 4.50. The van der Waals surface area contributed by atoms with Gasteiger partial charge in [-0.05, 0) is 43.3 Å². The molecule has 19 heavy (non-hydrogen) atoms. The molecule has 0 amide bonds. The van der Waals surface area contributed by atoms with Crippen LogP contribution in [0.1, 0.15) is 18.5 Å². The van der Waals surface area contributed by atoms with Crippen molar-refractivity contribution in [1.29, 1.82) is 0 Å². The average Bonchev–Trinajstić information content (AvgIpc) is 2.38. The Morgan fingerprint density at radius 1 is 1.05 bits per heavy atom. The van der Waals surface area contributed by atoms with Gasteiger partial charge in [0.25, 0.3) is 0 Å². The van der Waals surface area contributed by atoms with Crippen LogP contribution in [0, 0.1) is 11.6 Å². The van der Waals surface area contributed by atoms with Gasteiger partial charge in [-0.15, -0.1) is 0 Å². The summed E-state index contributed by atoms with van der Waals surface area (Å²) in [6.07, 6.45) is 0. The quantitative estimate of drug-likeness (QED) is 0.912. The van der Waals surface area contributed by atoms with E-state index in [4.69, 9.17) is 5.73 Å². The zero-order chi connectivity index (χ0) is 14.0. The fourth-order valence-electron chi connectivity index (χ4n) is 2.07. The van der Waals surface area contributed by atoms with Gasteiger partial charge in [0, 0.05) is 30.0 Å². The van der Waals surface area contributed by atoms with Crippen molar-refractivity contribution in [2.45, 2.75) is 13.0 Å². The molecule has 100 valence electrons. The highest BCUT2D eigenvalue weighted by atomic mass is 19.1. The molecule has 0 heterocycles. The van der Waals surface area contributed by atoms with E-state index >= 15 is 0 Å². The zero-order valence-electron chi connectivity index (χ0n) is 10.9. The largest absolute Gasteiger partial charge is 0.344 e. The first kappa shape index (κ1) is 13.5. The topological polar surface area (TPSA) is 29.3 Å². The van der Waals surface area contributed by atoms with Crippen LogP contribution in [0.5, 0.6) is 0 Å². The molecule has 0 aromatic heterocycles. The maximum atomic E-state index is 13.9. The number of rotatable bonds is 3. The second-order valence-electron chi connectivity index (χ2n) is 4.50. The molecule has 2 rings (SSSR count). The molecule has 0 fully saturated rings. The minimum absolute atomic E-state index is 0.302. The molecule has 0 aliphatic heterocycles. The second kappa shape index (κ2) is 5.36. The van der Waals surface area contributed by atoms with Crippen LogP contribution in [0.4, 0.5) is 20.2 Å². The Morgan fingerprint density at radius 3 is 2.26 bits per heavy atom. The van der Waals surface area contributed by atoms with Crippen LogP contribution in [0.15, 0.2) is 42.5 Å². The van der Waals surface area contributed by atoms with E-state index in [0.717, 1.165) is 5.69 Å². The van der Waals surface area contributed by atoms with Gasteiger partial charge < -0.3 is 10.6 Å². The van der Waals surface area contributed by atoms with Gasteiger partial charge in [0.2, 0.25) is 0 Å². The van der Waals surface area contributed by atoms with E-state index in [9.17, 15) is 8.78 Å². The van der Waals surface area contributed by atoms with E-state index in [1.165, 1.54) is 18.2 Å². The van der Waals surface area contributed by atoms with Gasteiger partial charge in [0.05, 0.1) is 0 Å². The first-order valence-electron chi connectivity index (χ1n) is 6.04. The molecule has 0 bridgehead atoms. The Balaban J connectivity index is 2.46. The van der Waals surface area contributed by atoms with Crippen LogP contribution < -0.4 is 10.6 Å². The molecule has 0 aliphatic rings. The summed E-state index contributed by atoms with van der Waals surface area (Å²) >= 11 is 0. The van der Waals surface area contributed by atoms with E-state index in [1.54, 1.807) is 43.1 Å². The number of hydrogen-bond acceptors (Lipinski definition) is 2. The van der Waals surface area contributed by atoms with Gasteiger partial charge in [0.1, 0.15) is 11.6 Å². The molecule has 2 aromatic rings. The van der Waals surface area contributed by atoms with E-state index in [2.05, 4.69) is 0 Å². The number of halogens is 2. The summed E-state index contributed by atoms with van der Waals surface area (Å²) in [5, 5.41) is 0. The van der Waals surface area contributed by atoms with Crippen molar-refractivity contribution in [3.8, 4) is 0 Å². The number of nitrogens with zero attached hydrogens (tertiary/aromatic N) is 1. The predicted octanol–water partition coefficient (Wildman–Crippen LogP) is 3.75. The zero-order valence-corrected chi connectivity index (χ0v) is 10.9. The fourth-order valence-corrected chi connectivity index (χ4v) is 2.07. The Morgan fingerprint density at radius 2 is 1.68 bits per heavy atom. The molecule has 0 unspecified atom stereocenters. The summed E-state index contributed by atoms with van der Waals surface area (Å²) in [6.45, 7) is 1.74. The molecule has 0 spiro atoms. The molecule has 0 saturated carbocycles. The summed E-state index contributed by atoms with van der Waals surface area (Å²) in [5.41, 5.74) is 7.74. The van der Waals surface area contributed by atoms with Crippen molar-refractivity contribution in [3.63, 3.8) is 0 Å². The normalized spacial score (nSPS) is 12.3. The lowest BCUT2D eigenvalue weighted by molar-refractivity contribution is 0.594. The molecule has 2 nitrogen and oxygen atoms in total. The predicted molar refractivity (Wildman–Crippen MR) is 73.5 cm³/mol. The van der Waals surface area contributed by atoms with Gasteiger partial charge in [-0.2, -0.15) is 0 Å². The van der Waals surface area contributed by atoms with E-state index in [0.29, 0.717) is 11.3 Å². The number of benzene rings is 2. The van der Waals surface area contributed by atoms with E-state index in [1.807, 2.05) is 0 Å². The minimum atomic E-state index is -0.418. The molecule has 2 N–H and O–H groups in total. The van der Waals surface area contributed by atoms with Crippen molar-refractivity contribution in [1.82, 2.24) is 0 Å². The van der Waals surface area contributed by atoms with Crippen LogP contribution in [0.25, 0.3) is 0 Å². The highest BCUT2D eigenvalue weighted by Crippen LogP contribution is 2.31. The maximum Gasteiger partial charge on any atom is 0.130 e. The molecule has 0 saturated heterocycles. The van der Waals surface area contributed by atoms with Crippen molar-refractivity contribution in [2.24, 2.45) is 5.73 Å². The fraction of sp³-hybridized carbons (Fsp3) is 0.200. The van der Waals surface area contributed by atoms with Crippen LogP contribution in [0.3, 0.4) is 0 Å². The number of hydrogen-bond donors (Lipinski definition) is 1. The molecular weight excluding hydrogens is 246 g/mol. The lowest BCUT2D eigenvalue weighted by atomic mass is 10.0. The van der Waals surface area contributed by atoms with Gasteiger partial charge in [-0.25, -0.2) is 8.78 Å². The van der Waals surface area contributed by atoms with Gasteiger partial charge in [0.15, 0.2) is 0 Å². The highest BCUT2D eigenvalue weighted by Gasteiger charge is 2.16. The van der Waals surface area contributed by atoms with Crippen molar-refractivity contribution in [3.05, 3.63) is 59.7 Å². The van der Waals surface area contributed by atoms with Crippen LogP contribution >= 0.6 is 0 Å². The van der Waals surface area contributed by atoms with Crippen molar-refractivity contribution >= 4 is 11.4 Å². The third-order valence-electron chi connectivity index (χ3n) is 3.06. The maximum absolute atomic E-state index is 13.9. The Bertz CT molecular complexity index is 565. The smallest absolute Gasteiger partial charge is 0.130 e. The number of nitrogens with two attached hydrogens (primary N) is 1. The first-order chi connectivity index (χ1) is 9.00. The van der Waals surface area contributed by atoms with Crippen molar-refractivity contribution in [2.75, 3.05) is 11.9 Å². The Kier molecular flexibility index (Phi) is 3.81. The van der Waals surface area contributed by atoms with Gasteiger partial charge in [-0.1, -0.05) is 6.07 Å². The number of anilines is 2. The molecule has 0 radical (unpaired) electrons. The summed E-state index contributed by atoms with van der Waals surface area (Å²) < 4.78 is 26.8. The molecule has 2 aromatic carbocycles. The molecule has 1 atom stereocenters. The Hall–Kier alpha value is -1.94. The average molecular weight is 262 g/mol. The summed E-state index contributed by atoms with van der Waals surface area (Å²) in [7, 11) is 1.80.